The summed E-state index contributed by atoms with van der Waals surface area (Å²) in [4.78, 5) is 3.01. The first-order valence-electron chi connectivity index (χ1n) is 22.9. The molecule has 0 fully saturated rings. The first kappa shape index (κ1) is 43.5. The molecule has 0 aliphatic heterocycles. The van der Waals surface area contributed by atoms with Crippen LogP contribution in [0.15, 0.2) is 72.1 Å². The standard InChI is InChI=1S/C51H64FN3OS3/c1-4-7-10-13-16-19-24-38(25-20-17-14-11-8-5-2)55-42-26-22-27-44(56-33-21-18-15-12-9-6-3)48(42)39-30-29-37(35-43(39)55)45-31-32-47(58-45)49-41(52)36-40(46-28-23-34-57-46)50-51(49)54-59-53-50/h22-23,26-32,34-36,38H,4-21,24-25,33H2,1-3H3. The van der Waals surface area contributed by atoms with Crippen LogP contribution >= 0.6 is 34.4 Å². The van der Waals surface area contributed by atoms with Crippen molar-refractivity contribution in [2.24, 2.45) is 0 Å². The fourth-order valence-corrected chi connectivity index (χ4v) is 11.3. The maximum atomic E-state index is 16.1. The number of hydrogen-bond donors (Lipinski definition) is 0. The quantitative estimate of drug-likeness (QED) is 0.0510. The largest absolute Gasteiger partial charge is 0.493 e. The van der Waals surface area contributed by atoms with Gasteiger partial charge in [-0.15, -0.1) is 22.7 Å². The monoisotopic (exact) mass is 849 g/mol. The van der Waals surface area contributed by atoms with E-state index in [1.807, 2.05) is 17.5 Å². The van der Waals surface area contributed by atoms with Gasteiger partial charge in [0.1, 0.15) is 22.6 Å². The lowest BCUT2D eigenvalue weighted by Crippen LogP contribution is -2.09. The molecule has 0 aliphatic rings. The fraction of sp³-hybridized carbons (Fsp3) is 0.490. The van der Waals surface area contributed by atoms with Crippen molar-refractivity contribution in [1.29, 1.82) is 0 Å². The maximum Gasteiger partial charge on any atom is 0.134 e. The number of halogens is 1. The highest BCUT2D eigenvalue weighted by molar-refractivity contribution is 7.19. The van der Waals surface area contributed by atoms with Gasteiger partial charge in [-0.05, 0) is 72.7 Å². The van der Waals surface area contributed by atoms with Crippen LogP contribution in [-0.2, 0) is 0 Å². The Morgan fingerprint density at radius 1 is 0.627 bits per heavy atom. The van der Waals surface area contributed by atoms with Crippen LogP contribution in [-0.4, -0.2) is 19.9 Å². The molecule has 0 aliphatic carbocycles. The Morgan fingerprint density at radius 3 is 1.98 bits per heavy atom. The van der Waals surface area contributed by atoms with Crippen molar-refractivity contribution in [3.05, 3.63) is 77.9 Å². The summed E-state index contributed by atoms with van der Waals surface area (Å²) in [5.41, 5.74) is 6.50. The SMILES string of the molecule is CCCCCCCCOc1cccc2c1c1ccc(-c3ccc(-c4c(F)cc(-c5cccs5)c5nsnc45)s3)cc1n2C(CCCCCCCC)CCCCCCCC. The van der Waals surface area contributed by atoms with Gasteiger partial charge in [-0.25, -0.2) is 4.39 Å². The second-order valence-corrected chi connectivity index (χ2v) is 19.1. The van der Waals surface area contributed by atoms with Crippen molar-refractivity contribution >= 4 is 67.2 Å². The third kappa shape index (κ3) is 10.7. The van der Waals surface area contributed by atoms with Crippen LogP contribution < -0.4 is 4.74 Å². The van der Waals surface area contributed by atoms with Gasteiger partial charge in [0.15, 0.2) is 0 Å². The molecule has 0 saturated carbocycles. The predicted octanol–water partition coefficient (Wildman–Crippen LogP) is 17.8. The molecule has 0 unspecified atom stereocenters. The molecule has 0 N–H and O–H groups in total. The van der Waals surface area contributed by atoms with Crippen LogP contribution in [0, 0.1) is 5.82 Å². The molecule has 3 aromatic carbocycles. The van der Waals surface area contributed by atoms with Gasteiger partial charge in [-0.2, -0.15) is 8.75 Å². The molecule has 0 atom stereocenters. The summed E-state index contributed by atoms with van der Waals surface area (Å²) < 4.78 is 34.8. The van der Waals surface area contributed by atoms with Crippen LogP contribution in [0.25, 0.3) is 64.2 Å². The fourth-order valence-electron chi connectivity index (χ4n) is 8.91. The van der Waals surface area contributed by atoms with Gasteiger partial charge in [0.25, 0.3) is 0 Å². The van der Waals surface area contributed by atoms with E-state index in [9.17, 15) is 0 Å². The Bertz CT molecular complexity index is 2320. The van der Waals surface area contributed by atoms with Crippen molar-refractivity contribution in [2.75, 3.05) is 6.61 Å². The zero-order valence-corrected chi connectivity index (χ0v) is 38.2. The number of benzene rings is 3. The minimum absolute atomic E-state index is 0.252. The van der Waals surface area contributed by atoms with E-state index in [0.717, 1.165) is 61.8 Å². The molecule has 0 amide bonds. The van der Waals surface area contributed by atoms with Crippen LogP contribution in [0.3, 0.4) is 0 Å². The van der Waals surface area contributed by atoms with E-state index in [1.54, 1.807) is 28.7 Å². The lowest BCUT2D eigenvalue weighted by Gasteiger charge is -2.22. The highest BCUT2D eigenvalue weighted by atomic mass is 32.1. The van der Waals surface area contributed by atoms with Crippen LogP contribution in [0.4, 0.5) is 4.39 Å². The highest BCUT2D eigenvalue weighted by Crippen LogP contribution is 2.45. The van der Waals surface area contributed by atoms with Crippen molar-refractivity contribution in [2.45, 2.75) is 155 Å². The second-order valence-electron chi connectivity index (χ2n) is 16.5. The molecule has 8 heteroatoms. The Kier molecular flexibility index (Phi) is 16.4. The zero-order valence-electron chi connectivity index (χ0n) is 35.7. The summed E-state index contributed by atoms with van der Waals surface area (Å²) in [6, 6.07) is 24.0. The van der Waals surface area contributed by atoms with Gasteiger partial charge in [-0.1, -0.05) is 154 Å². The first-order valence-corrected chi connectivity index (χ1v) is 25.3. The summed E-state index contributed by atoms with van der Waals surface area (Å²) in [6.07, 6.45) is 25.5. The molecule has 0 bridgehead atoms. The zero-order chi connectivity index (χ0) is 40.8. The Morgan fingerprint density at radius 2 is 1.29 bits per heavy atom. The molecule has 0 radical (unpaired) electrons. The van der Waals surface area contributed by atoms with Gasteiger partial charge < -0.3 is 9.30 Å². The normalized spacial score (nSPS) is 11.9. The van der Waals surface area contributed by atoms with E-state index in [1.165, 1.54) is 144 Å². The topological polar surface area (TPSA) is 39.9 Å². The summed E-state index contributed by atoms with van der Waals surface area (Å²) in [5.74, 6) is 0.754. The lowest BCUT2D eigenvalue weighted by atomic mass is 9.99. The summed E-state index contributed by atoms with van der Waals surface area (Å²) in [6.45, 7) is 7.63. The number of fused-ring (bicyclic) bond motifs is 4. The molecule has 7 aromatic rings. The van der Waals surface area contributed by atoms with E-state index in [2.05, 4.69) is 82.6 Å². The molecule has 7 rings (SSSR count). The highest BCUT2D eigenvalue weighted by Gasteiger charge is 2.23. The Hall–Kier alpha value is -3.59. The molecular weight excluding hydrogens is 786 g/mol. The van der Waals surface area contributed by atoms with Gasteiger partial charge in [-0.3, -0.25) is 0 Å². The lowest BCUT2D eigenvalue weighted by molar-refractivity contribution is 0.308. The number of nitrogens with zero attached hydrogens (tertiary/aromatic N) is 3. The summed E-state index contributed by atoms with van der Waals surface area (Å²) in [5, 5.41) is 4.53. The van der Waals surface area contributed by atoms with Crippen molar-refractivity contribution in [1.82, 2.24) is 13.3 Å². The Labute approximate surface area is 364 Å². The molecule has 4 nitrogen and oxygen atoms in total. The average molecular weight is 850 g/mol. The van der Waals surface area contributed by atoms with E-state index >= 15 is 4.39 Å². The van der Waals surface area contributed by atoms with Crippen LogP contribution in [0.2, 0.25) is 0 Å². The van der Waals surface area contributed by atoms with Crippen molar-refractivity contribution in [3.63, 3.8) is 0 Å². The number of aromatic nitrogens is 3. The van der Waals surface area contributed by atoms with E-state index in [4.69, 9.17) is 4.74 Å². The maximum absolute atomic E-state index is 16.1. The number of rotatable bonds is 26. The average Bonchev–Trinajstić information content (AvgIpc) is 4.09. The number of unbranched alkanes of at least 4 members (excludes halogenated alkanes) is 15. The molecule has 4 aromatic heterocycles. The van der Waals surface area contributed by atoms with Crippen molar-refractivity contribution < 1.29 is 9.13 Å². The van der Waals surface area contributed by atoms with Gasteiger partial charge in [0, 0.05) is 37.0 Å². The molecular formula is C51H64FN3OS3. The molecule has 314 valence electrons. The van der Waals surface area contributed by atoms with Gasteiger partial charge in [0.05, 0.1) is 34.9 Å². The number of thiophene rings is 2. The van der Waals surface area contributed by atoms with E-state index < -0.39 is 0 Å². The minimum Gasteiger partial charge on any atom is -0.493 e. The first-order chi connectivity index (χ1) is 29.1. The Balaban J connectivity index is 1.25. The van der Waals surface area contributed by atoms with Gasteiger partial charge >= 0.3 is 0 Å². The van der Waals surface area contributed by atoms with Gasteiger partial charge in [0.2, 0.25) is 0 Å². The molecule has 0 spiro atoms. The van der Waals surface area contributed by atoms with E-state index in [0.29, 0.717) is 17.1 Å². The third-order valence-electron chi connectivity index (χ3n) is 12.1. The third-order valence-corrected chi connectivity index (χ3v) is 14.7. The molecule has 59 heavy (non-hydrogen) atoms. The number of ether oxygens (including phenoxy) is 1. The van der Waals surface area contributed by atoms with E-state index in [-0.39, 0.29) is 5.82 Å². The van der Waals surface area contributed by atoms with Crippen LogP contribution in [0.1, 0.15) is 155 Å². The smallest absolute Gasteiger partial charge is 0.134 e. The molecule has 4 heterocycles. The van der Waals surface area contributed by atoms with Crippen molar-refractivity contribution in [3.8, 4) is 37.1 Å². The van der Waals surface area contributed by atoms with Crippen LogP contribution in [0.5, 0.6) is 5.75 Å². The second kappa shape index (κ2) is 22.3. The summed E-state index contributed by atoms with van der Waals surface area (Å²) >= 11 is 4.39. The summed E-state index contributed by atoms with van der Waals surface area (Å²) in [7, 11) is 0. The minimum atomic E-state index is -0.252. The molecule has 0 saturated heterocycles. The number of hydrogen-bond acceptors (Lipinski definition) is 6. The predicted molar refractivity (Wildman–Crippen MR) is 256 cm³/mol.